The number of aliphatic hydroxyl groups is 1. The van der Waals surface area contributed by atoms with Crippen LogP contribution in [0.4, 0.5) is 0 Å². The van der Waals surface area contributed by atoms with Crippen LogP contribution in [0.1, 0.15) is 11.1 Å². The van der Waals surface area contributed by atoms with Gasteiger partial charge >= 0.3 is 0 Å². The Hall–Kier alpha value is -0.340. The normalized spacial score (nSPS) is 10.1. The van der Waals surface area contributed by atoms with Crippen LogP contribution in [0.2, 0.25) is 0 Å². The van der Waals surface area contributed by atoms with Gasteiger partial charge in [0.25, 0.3) is 0 Å². The van der Waals surface area contributed by atoms with Gasteiger partial charge in [-0.25, -0.2) is 0 Å². The minimum Gasteiger partial charge on any atom is -0.396 e. The number of aliphatic hydroxyl groups excluding tert-OH is 1. The van der Waals surface area contributed by atoms with Crippen LogP contribution in [0.25, 0.3) is 0 Å². The van der Waals surface area contributed by atoms with E-state index in [1.165, 1.54) is 11.1 Å². The molecule has 0 atom stereocenters. The summed E-state index contributed by atoms with van der Waals surface area (Å²) in [5.74, 6) is 0. The minimum atomic E-state index is 0.218. The zero-order valence-corrected chi connectivity index (χ0v) is 8.06. The topological polar surface area (TPSA) is 20.2 Å². The summed E-state index contributed by atoms with van der Waals surface area (Å²) in [7, 11) is 0. The lowest BCUT2D eigenvalue weighted by molar-refractivity contribution is 0.299. The third-order valence-electron chi connectivity index (χ3n) is 1.50. The number of hydrogen-bond acceptors (Lipinski definition) is 1. The van der Waals surface area contributed by atoms with Gasteiger partial charge in [-0.15, -0.1) is 0 Å². The molecule has 1 aromatic carbocycles. The first-order valence-electron chi connectivity index (χ1n) is 3.59. The van der Waals surface area contributed by atoms with E-state index in [-0.39, 0.29) is 6.61 Å². The molecular formula is C9H11BrO. The maximum atomic E-state index is 8.69. The average molecular weight is 215 g/mol. The van der Waals surface area contributed by atoms with Crippen molar-refractivity contribution in [2.24, 2.45) is 0 Å². The van der Waals surface area contributed by atoms with E-state index in [9.17, 15) is 0 Å². The standard InChI is InChI=1S/C9H11BrO/c1-7-4-8(2-3-11)6-9(10)5-7/h4-6,11H,2-3H2,1H3. The van der Waals surface area contributed by atoms with E-state index in [4.69, 9.17) is 5.11 Å². The van der Waals surface area contributed by atoms with E-state index >= 15 is 0 Å². The second-order valence-corrected chi connectivity index (χ2v) is 3.53. The van der Waals surface area contributed by atoms with Crippen molar-refractivity contribution in [3.8, 4) is 0 Å². The van der Waals surface area contributed by atoms with Crippen molar-refractivity contribution in [3.63, 3.8) is 0 Å². The predicted octanol–water partition coefficient (Wildman–Crippen LogP) is 2.29. The molecule has 1 rings (SSSR count). The van der Waals surface area contributed by atoms with Crippen LogP contribution in [-0.2, 0) is 6.42 Å². The SMILES string of the molecule is Cc1cc(Br)cc(CCO)c1. The molecule has 0 heterocycles. The fourth-order valence-corrected chi connectivity index (χ4v) is 1.74. The second-order valence-electron chi connectivity index (χ2n) is 2.61. The fraction of sp³-hybridized carbons (Fsp3) is 0.333. The van der Waals surface area contributed by atoms with Crippen LogP contribution in [-0.4, -0.2) is 11.7 Å². The summed E-state index contributed by atoms with van der Waals surface area (Å²) < 4.78 is 1.08. The summed E-state index contributed by atoms with van der Waals surface area (Å²) >= 11 is 3.40. The highest BCUT2D eigenvalue weighted by Gasteiger charge is 1.94. The molecule has 0 aliphatic rings. The van der Waals surface area contributed by atoms with Gasteiger partial charge in [-0.05, 0) is 36.6 Å². The van der Waals surface area contributed by atoms with Crippen LogP contribution in [0.3, 0.4) is 0 Å². The van der Waals surface area contributed by atoms with E-state index < -0.39 is 0 Å². The largest absolute Gasteiger partial charge is 0.396 e. The molecule has 0 amide bonds. The average Bonchev–Trinajstić information content (AvgIpc) is 1.85. The maximum absolute atomic E-state index is 8.69. The Balaban J connectivity index is 2.89. The van der Waals surface area contributed by atoms with Gasteiger partial charge in [0, 0.05) is 11.1 Å². The van der Waals surface area contributed by atoms with Crippen molar-refractivity contribution >= 4 is 15.9 Å². The van der Waals surface area contributed by atoms with Gasteiger partial charge in [-0.2, -0.15) is 0 Å². The van der Waals surface area contributed by atoms with Gasteiger partial charge in [0.1, 0.15) is 0 Å². The van der Waals surface area contributed by atoms with Crippen molar-refractivity contribution < 1.29 is 5.11 Å². The molecule has 0 radical (unpaired) electrons. The molecule has 2 heteroatoms. The predicted molar refractivity (Wildman–Crippen MR) is 49.7 cm³/mol. The fourth-order valence-electron chi connectivity index (χ4n) is 1.09. The van der Waals surface area contributed by atoms with Crippen molar-refractivity contribution in [1.29, 1.82) is 0 Å². The number of benzene rings is 1. The van der Waals surface area contributed by atoms with Crippen molar-refractivity contribution in [1.82, 2.24) is 0 Å². The van der Waals surface area contributed by atoms with Crippen LogP contribution < -0.4 is 0 Å². The first-order valence-corrected chi connectivity index (χ1v) is 4.38. The smallest absolute Gasteiger partial charge is 0.0471 e. The van der Waals surface area contributed by atoms with Gasteiger partial charge in [0.05, 0.1) is 0 Å². The van der Waals surface area contributed by atoms with Crippen LogP contribution in [0.15, 0.2) is 22.7 Å². The molecule has 60 valence electrons. The number of aryl methyl sites for hydroxylation is 1. The lowest BCUT2D eigenvalue weighted by Crippen LogP contribution is -1.90. The Labute approximate surface area is 75.2 Å². The lowest BCUT2D eigenvalue weighted by atomic mass is 10.1. The molecule has 1 nitrogen and oxygen atoms in total. The Bertz CT molecular complexity index is 225. The molecule has 0 aliphatic carbocycles. The highest BCUT2D eigenvalue weighted by molar-refractivity contribution is 9.10. The van der Waals surface area contributed by atoms with E-state index in [0.29, 0.717) is 0 Å². The van der Waals surface area contributed by atoms with Gasteiger partial charge in [0.15, 0.2) is 0 Å². The van der Waals surface area contributed by atoms with Crippen molar-refractivity contribution in [3.05, 3.63) is 33.8 Å². The van der Waals surface area contributed by atoms with Crippen LogP contribution >= 0.6 is 15.9 Å². The van der Waals surface area contributed by atoms with E-state index in [2.05, 4.69) is 28.1 Å². The molecule has 0 unspecified atom stereocenters. The number of halogens is 1. The highest BCUT2D eigenvalue weighted by Crippen LogP contribution is 2.15. The summed E-state index contributed by atoms with van der Waals surface area (Å²) in [5, 5.41) is 8.69. The molecule has 0 saturated heterocycles. The van der Waals surface area contributed by atoms with Crippen molar-refractivity contribution in [2.75, 3.05) is 6.61 Å². The molecule has 0 bridgehead atoms. The molecule has 0 saturated carbocycles. The molecule has 0 fully saturated rings. The lowest BCUT2D eigenvalue weighted by Gasteiger charge is -2.00. The van der Waals surface area contributed by atoms with Gasteiger partial charge in [0.2, 0.25) is 0 Å². The van der Waals surface area contributed by atoms with Crippen LogP contribution in [0.5, 0.6) is 0 Å². The summed E-state index contributed by atoms with van der Waals surface area (Å²) in [6.45, 7) is 2.27. The second kappa shape index (κ2) is 3.88. The molecule has 1 N–H and O–H groups in total. The first kappa shape index (κ1) is 8.75. The Morgan fingerprint density at radius 1 is 1.36 bits per heavy atom. The minimum absolute atomic E-state index is 0.218. The summed E-state index contributed by atoms with van der Waals surface area (Å²) in [6, 6.07) is 6.17. The molecule has 1 aromatic rings. The summed E-state index contributed by atoms with van der Waals surface area (Å²) in [6.07, 6.45) is 0.736. The van der Waals surface area contributed by atoms with E-state index in [1.54, 1.807) is 0 Å². The van der Waals surface area contributed by atoms with Gasteiger partial charge < -0.3 is 5.11 Å². The molecule has 0 aromatic heterocycles. The third kappa shape index (κ3) is 2.64. The van der Waals surface area contributed by atoms with E-state index in [0.717, 1.165) is 10.9 Å². The van der Waals surface area contributed by atoms with E-state index in [1.807, 2.05) is 13.0 Å². The number of rotatable bonds is 2. The third-order valence-corrected chi connectivity index (χ3v) is 1.96. The van der Waals surface area contributed by atoms with Crippen LogP contribution in [0, 0.1) is 6.92 Å². The highest BCUT2D eigenvalue weighted by atomic mass is 79.9. The number of hydrogen-bond donors (Lipinski definition) is 1. The quantitative estimate of drug-likeness (QED) is 0.802. The zero-order valence-electron chi connectivity index (χ0n) is 6.47. The zero-order chi connectivity index (χ0) is 8.27. The van der Waals surface area contributed by atoms with Gasteiger partial charge in [-0.3, -0.25) is 0 Å². The summed E-state index contributed by atoms with van der Waals surface area (Å²) in [4.78, 5) is 0. The Morgan fingerprint density at radius 3 is 2.64 bits per heavy atom. The first-order chi connectivity index (χ1) is 5.22. The molecular weight excluding hydrogens is 204 g/mol. The van der Waals surface area contributed by atoms with Crippen molar-refractivity contribution in [2.45, 2.75) is 13.3 Å². The molecule has 0 spiro atoms. The maximum Gasteiger partial charge on any atom is 0.0471 e. The molecule has 11 heavy (non-hydrogen) atoms. The Kier molecular flexibility index (Phi) is 3.09. The Morgan fingerprint density at radius 2 is 2.09 bits per heavy atom. The van der Waals surface area contributed by atoms with Gasteiger partial charge in [-0.1, -0.05) is 22.0 Å². The molecule has 0 aliphatic heterocycles. The monoisotopic (exact) mass is 214 g/mol. The summed E-state index contributed by atoms with van der Waals surface area (Å²) in [5.41, 5.74) is 2.40.